The van der Waals surface area contributed by atoms with Gasteiger partial charge in [0.15, 0.2) is 22.2 Å². The van der Waals surface area contributed by atoms with E-state index in [2.05, 4.69) is 22.6 Å². The number of sulfonamides is 1. The third kappa shape index (κ3) is 6.02. The van der Waals surface area contributed by atoms with E-state index in [-0.39, 0.29) is 35.6 Å². The Morgan fingerprint density at radius 3 is 2.26 bits per heavy atom. The molecule has 0 saturated carbocycles. The molecule has 1 amide bonds. The number of nitrogens with one attached hydrogen (secondary N) is 1. The Hall–Kier alpha value is -3.63. The molecule has 2 heterocycles. The Balaban J connectivity index is 1.46. The number of benzene rings is 2. The molecular formula is C29H35N3O6S. The molecule has 3 aromatic rings. The Labute approximate surface area is 229 Å². The van der Waals surface area contributed by atoms with Crippen LogP contribution < -0.4 is 14.8 Å². The van der Waals surface area contributed by atoms with Crippen LogP contribution in [0.15, 0.2) is 39.8 Å². The standard InChI is InChI=1S/C29H35N3O6S/c1-18-15-19(2)24(20(3)16-18)8-10-26-28(21(4)31-38-26)39(34,35)32-13-11-22(12-14-32)29(33)30-23-7-9-25(36-5)27(17-23)37-6/h7-10,15-17,22H,11-14H2,1-6H3,(H,30,33)/b10-8+. The van der Waals surface area contributed by atoms with Gasteiger partial charge < -0.3 is 19.3 Å². The molecule has 2 aromatic carbocycles. The summed E-state index contributed by atoms with van der Waals surface area (Å²) >= 11 is 0. The zero-order valence-electron chi connectivity index (χ0n) is 23.2. The van der Waals surface area contributed by atoms with Gasteiger partial charge >= 0.3 is 0 Å². The molecule has 0 spiro atoms. The molecule has 1 fully saturated rings. The SMILES string of the molecule is COc1ccc(NC(=O)C2CCN(S(=O)(=O)c3c(C)noc3/C=C/c3c(C)cc(C)cc3C)CC2)cc1OC. The van der Waals surface area contributed by atoms with Gasteiger partial charge in [-0.3, -0.25) is 4.79 Å². The van der Waals surface area contributed by atoms with Crippen LogP contribution in [0, 0.1) is 33.6 Å². The van der Waals surface area contributed by atoms with E-state index in [1.165, 1.54) is 17.0 Å². The summed E-state index contributed by atoms with van der Waals surface area (Å²) in [5, 5.41) is 6.86. The number of aryl methyl sites for hydroxylation is 4. The summed E-state index contributed by atoms with van der Waals surface area (Å²) in [5.74, 6) is 0.794. The summed E-state index contributed by atoms with van der Waals surface area (Å²) in [5.41, 5.74) is 5.26. The monoisotopic (exact) mass is 553 g/mol. The predicted molar refractivity (Wildman–Crippen MR) is 150 cm³/mol. The lowest BCUT2D eigenvalue weighted by Crippen LogP contribution is -2.41. The molecule has 10 heteroatoms. The highest BCUT2D eigenvalue weighted by atomic mass is 32.2. The second-order valence-electron chi connectivity index (χ2n) is 9.84. The van der Waals surface area contributed by atoms with Gasteiger partial charge in [0, 0.05) is 30.8 Å². The summed E-state index contributed by atoms with van der Waals surface area (Å²) in [4.78, 5) is 13.0. The maximum atomic E-state index is 13.6. The second kappa shape index (κ2) is 11.6. The second-order valence-corrected chi connectivity index (χ2v) is 11.7. The summed E-state index contributed by atoms with van der Waals surface area (Å²) in [6.45, 7) is 8.15. The third-order valence-corrected chi connectivity index (χ3v) is 9.10. The van der Waals surface area contributed by atoms with Gasteiger partial charge in [-0.2, -0.15) is 4.31 Å². The van der Waals surface area contributed by atoms with Crippen LogP contribution in [0.25, 0.3) is 12.2 Å². The first kappa shape index (κ1) is 28.4. The molecule has 0 atom stereocenters. The number of aromatic nitrogens is 1. The van der Waals surface area contributed by atoms with Gasteiger partial charge in [0.1, 0.15) is 5.69 Å². The molecule has 1 aliphatic rings. The average molecular weight is 554 g/mol. The van der Waals surface area contributed by atoms with Crippen molar-refractivity contribution >= 4 is 33.8 Å². The minimum atomic E-state index is -3.87. The van der Waals surface area contributed by atoms with Crippen LogP contribution >= 0.6 is 0 Å². The first-order chi connectivity index (χ1) is 18.5. The van der Waals surface area contributed by atoms with Gasteiger partial charge in [-0.1, -0.05) is 28.9 Å². The molecule has 0 unspecified atom stereocenters. The molecule has 1 N–H and O–H groups in total. The number of ether oxygens (including phenoxy) is 2. The lowest BCUT2D eigenvalue weighted by Gasteiger charge is -2.30. The number of amides is 1. The largest absolute Gasteiger partial charge is 0.493 e. The lowest BCUT2D eigenvalue weighted by molar-refractivity contribution is -0.120. The van der Waals surface area contributed by atoms with Gasteiger partial charge in [0.05, 0.1) is 14.2 Å². The topological polar surface area (TPSA) is 111 Å². The molecule has 9 nitrogen and oxygen atoms in total. The molecule has 1 aliphatic heterocycles. The van der Waals surface area contributed by atoms with Crippen molar-refractivity contribution in [1.29, 1.82) is 0 Å². The maximum Gasteiger partial charge on any atom is 0.248 e. The first-order valence-corrected chi connectivity index (χ1v) is 14.2. The van der Waals surface area contributed by atoms with Crippen LogP contribution in [0.5, 0.6) is 11.5 Å². The van der Waals surface area contributed by atoms with E-state index in [1.54, 1.807) is 38.3 Å². The molecule has 208 valence electrons. The molecule has 39 heavy (non-hydrogen) atoms. The van der Waals surface area contributed by atoms with Crippen molar-refractivity contribution in [3.63, 3.8) is 0 Å². The van der Waals surface area contributed by atoms with Gasteiger partial charge in [0.2, 0.25) is 15.9 Å². The van der Waals surface area contributed by atoms with Gasteiger partial charge in [-0.05, 0) is 75.4 Å². The number of carbonyl (C=O) groups excluding carboxylic acids is 1. The summed E-state index contributed by atoms with van der Waals surface area (Å²) in [7, 11) is -0.796. The summed E-state index contributed by atoms with van der Waals surface area (Å²) in [6, 6.07) is 9.32. The highest BCUT2D eigenvalue weighted by Crippen LogP contribution is 2.32. The minimum Gasteiger partial charge on any atom is -0.493 e. The highest BCUT2D eigenvalue weighted by Gasteiger charge is 2.36. The Morgan fingerprint density at radius 2 is 1.64 bits per heavy atom. The predicted octanol–water partition coefficient (Wildman–Crippen LogP) is 5.14. The number of rotatable bonds is 8. The molecule has 1 saturated heterocycles. The van der Waals surface area contributed by atoms with Crippen molar-refractivity contribution < 1.29 is 27.2 Å². The minimum absolute atomic E-state index is 0.0643. The molecule has 1 aromatic heterocycles. The number of nitrogens with zero attached hydrogens (tertiary/aromatic N) is 2. The smallest absolute Gasteiger partial charge is 0.248 e. The van der Waals surface area contributed by atoms with Crippen LogP contribution in [-0.2, 0) is 14.8 Å². The highest BCUT2D eigenvalue weighted by molar-refractivity contribution is 7.89. The number of anilines is 1. The van der Waals surface area contributed by atoms with Crippen molar-refractivity contribution in [1.82, 2.24) is 9.46 Å². The van der Waals surface area contributed by atoms with Crippen molar-refractivity contribution in [2.45, 2.75) is 45.4 Å². The van der Waals surface area contributed by atoms with Gasteiger partial charge in [-0.25, -0.2) is 8.42 Å². The number of carbonyl (C=O) groups is 1. The molecular weight excluding hydrogens is 518 g/mol. The van der Waals surface area contributed by atoms with Crippen molar-refractivity contribution in [2.75, 3.05) is 32.6 Å². The average Bonchev–Trinajstić information content (AvgIpc) is 3.28. The zero-order chi connectivity index (χ0) is 28.3. The van der Waals surface area contributed by atoms with Gasteiger partial charge in [0.25, 0.3) is 0 Å². The number of piperidine rings is 1. The quantitative estimate of drug-likeness (QED) is 0.411. The van der Waals surface area contributed by atoms with Crippen molar-refractivity contribution in [2.24, 2.45) is 5.92 Å². The molecule has 4 rings (SSSR count). The van der Waals surface area contributed by atoms with E-state index < -0.39 is 10.0 Å². The zero-order valence-corrected chi connectivity index (χ0v) is 24.0. The fourth-order valence-corrected chi connectivity index (χ4v) is 6.78. The normalized spacial score (nSPS) is 15.0. The maximum absolute atomic E-state index is 13.6. The molecule has 0 radical (unpaired) electrons. The van der Waals surface area contributed by atoms with E-state index in [1.807, 2.05) is 26.8 Å². The van der Waals surface area contributed by atoms with Crippen LogP contribution in [0.3, 0.4) is 0 Å². The Kier molecular flexibility index (Phi) is 8.46. The summed E-state index contributed by atoms with van der Waals surface area (Å²) in [6.07, 6.45) is 4.33. The van der Waals surface area contributed by atoms with E-state index in [4.69, 9.17) is 14.0 Å². The third-order valence-electron chi connectivity index (χ3n) is 7.05. The van der Waals surface area contributed by atoms with Crippen LogP contribution in [-0.4, -0.2) is 51.1 Å². The summed E-state index contributed by atoms with van der Waals surface area (Å²) < 4.78 is 44.7. The van der Waals surface area contributed by atoms with Crippen LogP contribution in [0.2, 0.25) is 0 Å². The van der Waals surface area contributed by atoms with E-state index in [9.17, 15) is 13.2 Å². The van der Waals surface area contributed by atoms with Crippen LogP contribution in [0.1, 0.15) is 46.5 Å². The Morgan fingerprint density at radius 1 is 1.00 bits per heavy atom. The molecule has 0 aliphatic carbocycles. The fourth-order valence-electron chi connectivity index (χ4n) is 5.06. The first-order valence-electron chi connectivity index (χ1n) is 12.8. The number of hydrogen-bond acceptors (Lipinski definition) is 7. The van der Waals surface area contributed by atoms with Crippen molar-refractivity contribution in [3.8, 4) is 11.5 Å². The van der Waals surface area contributed by atoms with Crippen LogP contribution in [0.4, 0.5) is 5.69 Å². The van der Waals surface area contributed by atoms with Gasteiger partial charge in [-0.15, -0.1) is 0 Å². The van der Waals surface area contributed by atoms with E-state index in [0.29, 0.717) is 35.7 Å². The fraction of sp³-hybridized carbons (Fsp3) is 0.379. The number of hydrogen-bond donors (Lipinski definition) is 1. The van der Waals surface area contributed by atoms with Crippen molar-refractivity contribution in [3.05, 3.63) is 64.0 Å². The Bertz CT molecular complexity index is 1480. The lowest BCUT2D eigenvalue weighted by atomic mass is 9.97. The molecule has 0 bridgehead atoms. The number of methoxy groups -OCH3 is 2. The van der Waals surface area contributed by atoms with E-state index >= 15 is 0 Å². The van der Waals surface area contributed by atoms with E-state index in [0.717, 1.165) is 16.7 Å².